The molecule has 3 aromatic carbocycles. The molecule has 0 saturated heterocycles. The number of aromatic nitrogens is 2. The largest absolute Gasteiger partial charge is 0.228 e. The Morgan fingerprint density at radius 2 is 1.19 bits per heavy atom. The van der Waals surface area contributed by atoms with Gasteiger partial charge in [-0.05, 0) is 91.5 Å². The molecule has 0 N–H and O–H groups in total. The minimum atomic E-state index is 0.230. The first kappa shape index (κ1) is 21.5. The number of nitriles is 1. The molecule has 4 fully saturated rings. The van der Waals surface area contributed by atoms with Gasteiger partial charge in [0.15, 0.2) is 5.82 Å². The molecule has 36 heavy (non-hydrogen) atoms. The van der Waals surface area contributed by atoms with Crippen molar-refractivity contribution in [3.05, 3.63) is 96.1 Å². The van der Waals surface area contributed by atoms with Crippen LogP contribution in [0.15, 0.2) is 84.9 Å². The Balaban J connectivity index is 1.39. The molecule has 0 amide bonds. The average Bonchev–Trinajstić information content (AvgIpc) is 2.93. The van der Waals surface area contributed by atoms with E-state index in [2.05, 4.69) is 48.5 Å². The Morgan fingerprint density at radius 1 is 0.639 bits per heavy atom. The summed E-state index contributed by atoms with van der Waals surface area (Å²) in [6.45, 7) is 0. The van der Waals surface area contributed by atoms with E-state index >= 15 is 0 Å². The SMILES string of the molecule is N#Cc1cc(-c2cc(-c3ccccc3)nc(-c3ccccc3)n2)cc(C23C[C@H]4C[C@@H](C2)C[C@@H](C3)C4)c1. The van der Waals surface area contributed by atoms with E-state index < -0.39 is 0 Å². The van der Waals surface area contributed by atoms with E-state index in [4.69, 9.17) is 9.97 Å². The lowest BCUT2D eigenvalue weighted by molar-refractivity contribution is -0.00517. The van der Waals surface area contributed by atoms with E-state index in [-0.39, 0.29) is 5.41 Å². The van der Waals surface area contributed by atoms with Gasteiger partial charge in [0.25, 0.3) is 0 Å². The molecule has 4 bridgehead atoms. The molecular formula is C33H29N3. The molecule has 0 radical (unpaired) electrons. The highest BCUT2D eigenvalue weighted by Crippen LogP contribution is 2.61. The van der Waals surface area contributed by atoms with Crippen LogP contribution in [0.25, 0.3) is 33.9 Å². The van der Waals surface area contributed by atoms with Crippen molar-refractivity contribution in [3.8, 4) is 40.0 Å². The van der Waals surface area contributed by atoms with Crippen LogP contribution in [0.4, 0.5) is 0 Å². The number of hydrogen-bond donors (Lipinski definition) is 0. The van der Waals surface area contributed by atoms with Gasteiger partial charge in [-0.15, -0.1) is 0 Å². The second kappa shape index (κ2) is 8.42. The predicted molar refractivity (Wildman–Crippen MR) is 143 cm³/mol. The molecule has 3 nitrogen and oxygen atoms in total. The van der Waals surface area contributed by atoms with Gasteiger partial charge in [0.2, 0.25) is 0 Å². The quantitative estimate of drug-likeness (QED) is 0.307. The van der Waals surface area contributed by atoms with Crippen molar-refractivity contribution >= 4 is 0 Å². The monoisotopic (exact) mass is 467 g/mol. The zero-order valence-electron chi connectivity index (χ0n) is 20.4. The van der Waals surface area contributed by atoms with Gasteiger partial charge in [0.1, 0.15) is 0 Å². The molecule has 0 aliphatic heterocycles. The minimum Gasteiger partial charge on any atom is -0.228 e. The number of hydrogen-bond acceptors (Lipinski definition) is 3. The van der Waals surface area contributed by atoms with Crippen molar-refractivity contribution in [2.45, 2.75) is 43.9 Å². The number of benzene rings is 3. The molecule has 176 valence electrons. The third kappa shape index (κ3) is 3.73. The van der Waals surface area contributed by atoms with Crippen molar-refractivity contribution in [2.24, 2.45) is 17.8 Å². The van der Waals surface area contributed by atoms with Crippen molar-refractivity contribution in [1.82, 2.24) is 9.97 Å². The van der Waals surface area contributed by atoms with Crippen LogP contribution in [0.2, 0.25) is 0 Å². The van der Waals surface area contributed by atoms with Gasteiger partial charge in [-0.25, -0.2) is 9.97 Å². The van der Waals surface area contributed by atoms with Crippen molar-refractivity contribution < 1.29 is 0 Å². The fourth-order valence-corrected chi connectivity index (χ4v) is 7.68. The third-order valence-electron chi connectivity index (χ3n) is 8.84. The zero-order chi connectivity index (χ0) is 24.1. The second-order valence-corrected chi connectivity index (χ2v) is 11.3. The van der Waals surface area contributed by atoms with E-state index in [9.17, 15) is 5.26 Å². The lowest BCUT2D eigenvalue weighted by Crippen LogP contribution is -2.48. The maximum absolute atomic E-state index is 10.00. The van der Waals surface area contributed by atoms with Crippen LogP contribution >= 0.6 is 0 Å². The Hall–Kier alpha value is -3.77. The van der Waals surface area contributed by atoms with Crippen LogP contribution < -0.4 is 0 Å². The lowest BCUT2D eigenvalue weighted by atomic mass is 9.48. The molecule has 1 aromatic heterocycles. The van der Waals surface area contributed by atoms with Crippen LogP contribution in [-0.4, -0.2) is 9.97 Å². The Bertz CT molecular complexity index is 1370. The topological polar surface area (TPSA) is 49.6 Å². The molecule has 0 atom stereocenters. The summed E-state index contributed by atoms with van der Waals surface area (Å²) in [5.74, 6) is 3.29. The van der Waals surface area contributed by atoms with E-state index in [1.54, 1.807) is 0 Å². The molecule has 1 heterocycles. The molecule has 4 aromatic rings. The summed E-state index contributed by atoms with van der Waals surface area (Å²) in [5, 5.41) is 10.00. The molecular weight excluding hydrogens is 438 g/mol. The lowest BCUT2D eigenvalue weighted by Gasteiger charge is -2.57. The second-order valence-electron chi connectivity index (χ2n) is 11.3. The van der Waals surface area contributed by atoms with Crippen LogP contribution in [-0.2, 0) is 5.41 Å². The van der Waals surface area contributed by atoms with Gasteiger partial charge < -0.3 is 0 Å². The third-order valence-corrected chi connectivity index (χ3v) is 8.84. The molecule has 3 heteroatoms. The van der Waals surface area contributed by atoms with Gasteiger partial charge >= 0.3 is 0 Å². The Labute approximate surface area is 212 Å². The molecule has 4 aliphatic carbocycles. The number of rotatable bonds is 4. The molecule has 8 rings (SSSR count). The maximum Gasteiger partial charge on any atom is 0.160 e. The first-order chi connectivity index (χ1) is 17.7. The predicted octanol–water partition coefficient (Wildman–Crippen LogP) is 7.82. The molecule has 0 spiro atoms. The van der Waals surface area contributed by atoms with Gasteiger partial charge in [0.05, 0.1) is 23.0 Å². The summed E-state index contributed by atoms with van der Waals surface area (Å²) < 4.78 is 0. The highest BCUT2D eigenvalue weighted by atomic mass is 14.9. The molecule has 0 unspecified atom stereocenters. The fourth-order valence-electron chi connectivity index (χ4n) is 7.68. The van der Waals surface area contributed by atoms with E-state index in [0.29, 0.717) is 5.82 Å². The summed E-state index contributed by atoms with van der Waals surface area (Å²) in [6, 6.07) is 31.5. The van der Waals surface area contributed by atoms with Crippen molar-refractivity contribution in [3.63, 3.8) is 0 Å². The van der Waals surface area contributed by atoms with E-state index in [1.807, 2.05) is 42.5 Å². The summed E-state index contributed by atoms with van der Waals surface area (Å²) in [5.41, 5.74) is 7.19. The van der Waals surface area contributed by atoms with Crippen LogP contribution in [0, 0.1) is 29.1 Å². The Morgan fingerprint density at radius 3 is 1.78 bits per heavy atom. The normalized spacial score (nSPS) is 26.0. The Kier molecular flexibility index (Phi) is 5.03. The number of nitrogens with zero attached hydrogens (tertiary/aromatic N) is 3. The zero-order valence-corrected chi connectivity index (χ0v) is 20.4. The minimum absolute atomic E-state index is 0.230. The molecule has 4 saturated carbocycles. The highest BCUT2D eigenvalue weighted by Gasteiger charge is 2.51. The fraction of sp³-hybridized carbons (Fsp3) is 0.303. The van der Waals surface area contributed by atoms with Crippen LogP contribution in [0.1, 0.15) is 49.7 Å². The average molecular weight is 468 g/mol. The van der Waals surface area contributed by atoms with Crippen molar-refractivity contribution in [2.75, 3.05) is 0 Å². The standard InChI is InChI=1S/C33H29N3/c34-21-25-14-28(16-29(15-25)33-18-22-11-23(19-33)13-24(12-22)20-33)31-17-30(26-7-3-1-4-8-26)35-32(36-31)27-9-5-2-6-10-27/h1-10,14-17,22-24H,11-13,18-20H2/t22-,23+,24-,33?. The summed E-state index contributed by atoms with van der Waals surface area (Å²) in [4.78, 5) is 9.98. The first-order valence-corrected chi connectivity index (χ1v) is 13.2. The smallest absolute Gasteiger partial charge is 0.160 e. The summed E-state index contributed by atoms with van der Waals surface area (Å²) in [7, 11) is 0. The van der Waals surface area contributed by atoms with E-state index in [1.165, 1.54) is 44.1 Å². The first-order valence-electron chi connectivity index (χ1n) is 13.2. The molecule has 4 aliphatic rings. The van der Waals surface area contributed by atoms with Gasteiger partial charge in [-0.2, -0.15) is 5.26 Å². The van der Waals surface area contributed by atoms with E-state index in [0.717, 1.165) is 51.4 Å². The summed E-state index contributed by atoms with van der Waals surface area (Å²) >= 11 is 0. The maximum atomic E-state index is 10.00. The van der Waals surface area contributed by atoms with Crippen LogP contribution in [0.3, 0.4) is 0 Å². The van der Waals surface area contributed by atoms with Crippen molar-refractivity contribution in [1.29, 1.82) is 5.26 Å². The van der Waals surface area contributed by atoms with Gasteiger partial charge in [0, 0.05) is 16.7 Å². The van der Waals surface area contributed by atoms with Gasteiger partial charge in [-0.3, -0.25) is 0 Å². The highest BCUT2D eigenvalue weighted by molar-refractivity contribution is 5.73. The van der Waals surface area contributed by atoms with Gasteiger partial charge in [-0.1, -0.05) is 60.7 Å². The summed E-state index contributed by atoms with van der Waals surface area (Å²) in [6.07, 6.45) is 8.08. The van der Waals surface area contributed by atoms with Crippen LogP contribution in [0.5, 0.6) is 0 Å².